The van der Waals surface area contributed by atoms with E-state index >= 15 is 0 Å². The summed E-state index contributed by atoms with van der Waals surface area (Å²) >= 11 is 0. The van der Waals surface area contributed by atoms with E-state index in [1.807, 2.05) is 0 Å². The molecule has 0 spiro atoms. The molecule has 0 aliphatic rings. The molecule has 0 amide bonds. The van der Waals surface area contributed by atoms with Crippen LogP contribution in [0.1, 0.15) is 5.56 Å². The van der Waals surface area contributed by atoms with Crippen molar-refractivity contribution in [1.29, 1.82) is 0 Å². The molecule has 0 bridgehead atoms. The van der Waals surface area contributed by atoms with Crippen molar-refractivity contribution >= 4 is 11.0 Å². The number of hydrogen-bond donors (Lipinski definition) is 1. The zero-order chi connectivity index (χ0) is 15.0. The molecule has 4 nitrogen and oxygen atoms in total. The van der Waals surface area contributed by atoms with E-state index in [0.29, 0.717) is 28.0 Å². The van der Waals surface area contributed by atoms with Crippen LogP contribution >= 0.6 is 0 Å². The summed E-state index contributed by atoms with van der Waals surface area (Å²) in [5.41, 5.74) is 1.70. The Morgan fingerprint density at radius 3 is 2.48 bits per heavy atom. The van der Waals surface area contributed by atoms with E-state index < -0.39 is 0 Å². The minimum Gasteiger partial charge on any atom is -0.508 e. The Labute approximate surface area is 121 Å². The molecule has 0 unspecified atom stereocenters. The topological polar surface area (TPSA) is 59.7 Å². The molecule has 1 aromatic heterocycles. The van der Waals surface area contributed by atoms with Gasteiger partial charge in [0, 0.05) is 11.1 Å². The van der Waals surface area contributed by atoms with Crippen molar-refractivity contribution in [2.75, 3.05) is 7.11 Å². The van der Waals surface area contributed by atoms with Gasteiger partial charge in [-0.15, -0.1) is 0 Å². The molecule has 3 aromatic rings. The van der Waals surface area contributed by atoms with E-state index in [1.165, 1.54) is 0 Å². The largest absolute Gasteiger partial charge is 0.508 e. The van der Waals surface area contributed by atoms with Gasteiger partial charge in [0.05, 0.1) is 12.5 Å². The predicted molar refractivity (Wildman–Crippen MR) is 80.9 cm³/mol. The lowest BCUT2D eigenvalue weighted by Crippen LogP contribution is -2.07. The highest BCUT2D eigenvalue weighted by atomic mass is 16.5. The molecule has 0 aliphatic heterocycles. The van der Waals surface area contributed by atoms with Crippen LogP contribution in [0.25, 0.3) is 22.3 Å². The summed E-state index contributed by atoms with van der Waals surface area (Å²) in [7, 11) is 1.56. The average Bonchev–Trinajstić information content (AvgIpc) is 2.51. The quantitative estimate of drug-likeness (QED) is 0.781. The first-order valence-electron chi connectivity index (χ1n) is 6.51. The maximum absolute atomic E-state index is 12.5. The first-order valence-corrected chi connectivity index (χ1v) is 6.51. The van der Waals surface area contributed by atoms with Crippen molar-refractivity contribution < 1.29 is 14.3 Å². The zero-order valence-electron chi connectivity index (χ0n) is 11.7. The first kappa shape index (κ1) is 13.2. The van der Waals surface area contributed by atoms with Crippen LogP contribution in [0.4, 0.5) is 0 Å². The molecule has 0 radical (unpaired) electrons. The highest BCUT2D eigenvalue weighted by Gasteiger charge is 2.13. The number of fused-ring (bicyclic) bond motifs is 1. The van der Waals surface area contributed by atoms with E-state index in [0.717, 1.165) is 5.56 Å². The molecule has 1 N–H and O–H groups in total. The van der Waals surface area contributed by atoms with Gasteiger partial charge < -0.3 is 14.3 Å². The molecule has 0 atom stereocenters. The molecule has 3 rings (SSSR count). The lowest BCUT2D eigenvalue weighted by Gasteiger charge is -2.08. The number of hydrogen-bond acceptors (Lipinski definition) is 4. The number of ether oxygens (including phenoxy) is 1. The third-order valence-corrected chi connectivity index (χ3v) is 3.45. The molecule has 4 heteroatoms. The highest BCUT2D eigenvalue weighted by Crippen LogP contribution is 2.28. The standard InChI is InChI=1S/C17H14O4/c1-10-16(19)14-9-13(20-2)7-8-15(14)21-17(10)11-3-5-12(18)6-4-11/h3-9,18H,1-2H3. The minimum atomic E-state index is -0.0850. The van der Waals surface area contributed by atoms with Crippen molar-refractivity contribution in [2.45, 2.75) is 6.92 Å². The fraction of sp³-hybridized carbons (Fsp3) is 0.118. The van der Waals surface area contributed by atoms with Gasteiger partial charge in [-0.05, 0) is 49.4 Å². The van der Waals surface area contributed by atoms with Crippen LogP contribution in [0, 0.1) is 6.92 Å². The molecule has 0 aliphatic carbocycles. The molecular weight excluding hydrogens is 268 g/mol. The highest BCUT2D eigenvalue weighted by molar-refractivity contribution is 5.81. The number of aromatic hydroxyl groups is 1. The van der Waals surface area contributed by atoms with Crippen LogP contribution in [0.2, 0.25) is 0 Å². The summed E-state index contributed by atoms with van der Waals surface area (Å²) in [6.07, 6.45) is 0. The summed E-state index contributed by atoms with van der Waals surface area (Å²) in [5.74, 6) is 1.30. The zero-order valence-corrected chi connectivity index (χ0v) is 11.7. The van der Waals surface area contributed by atoms with E-state index in [2.05, 4.69) is 0 Å². The Morgan fingerprint density at radius 2 is 1.81 bits per heavy atom. The van der Waals surface area contributed by atoms with Gasteiger partial charge in [-0.2, -0.15) is 0 Å². The molecule has 2 aromatic carbocycles. The first-order chi connectivity index (χ1) is 10.1. The minimum absolute atomic E-state index is 0.0850. The molecule has 0 saturated carbocycles. The average molecular weight is 282 g/mol. The molecule has 1 heterocycles. The molecular formula is C17H14O4. The van der Waals surface area contributed by atoms with Gasteiger partial charge in [-0.3, -0.25) is 4.79 Å². The van der Waals surface area contributed by atoms with Crippen molar-refractivity contribution in [3.05, 3.63) is 58.3 Å². The van der Waals surface area contributed by atoms with Crippen LogP contribution < -0.4 is 10.2 Å². The van der Waals surface area contributed by atoms with Crippen molar-refractivity contribution in [2.24, 2.45) is 0 Å². The lowest BCUT2D eigenvalue weighted by atomic mass is 10.1. The summed E-state index contributed by atoms with van der Waals surface area (Å²) < 4.78 is 11.0. The van der Waals surface area contributed by atoms with Crippen LogP contribution in [0.3, 0.4) is 0 Å². The summed E-state index contributed by atoms with van der Waals surface area (Å²) in [6, 6.07) is 11.7. The Hall–Kier alpha value is -2.75. The number of phenols is 1. The fourth-order valence-electron chi connectivity index (χ4n) is 2.28. The van der Waals surface area contributed by atoms with Crippen LogP contribution in [-0.4, -0.2) is 12.2 Å². The van der Waals surface area contributed by atoms with Gasteiger partial charge in [0.15, 0.2) is 5.43 Å². The third kappa shape index (κ3) is 2.25. The second-order valence-electron chi connectivity index (χ2n) is 4.79. The van der Waals surface area contributed by atoms with E-state index in [4.69, 9.17) is 9.15 Å². The normalized spacial score (nSPS) is 10.8. The fourth-order valence-corrected chi connectivity index (χ4v) is 2.28. The van der Waals surface area contributed by atoms with Gasteiger partial charge in [0.2, 0.25) is 0 Å². The SMILES string of the molecule is COc1ccc2oc(-c3ccc(O)cc3)c(C)c(=O)c2c1. The van der Waals surface area contributed by atoms with Crippen molar-refractivity contribution in [3.8, 4) is 22.8 Å². The summed E-state index contributed by atoms with van der Waals surface area (Å²) in [5, 5.41) is 9.85. The molecule has 0 saturated heterocycles. The van der Waals surface area contributed by atoms with E-state index in [-0.39, 0.29) is 11.2 Å². The second kappa shape index (κ2) is 4.98. The summed E-state index contributed by atoms with van der Waals surface area (Å²) in [4.78, 5) is 12.5. The van der Waals surface area contributed by atoms with Crippen LogP contribution in [0.15, 0.2) is 51.7 Å². The van der Waals surface area contributed by atoms with E-state index in [9.17, 15) is 9.90 Å². The maximum atomic E-state index is 12.5. The Bertz CT molecular complexity index is 860. The Balaban J connectivity index is 2.28. The Morgan fingerprint density at radius 1 is 1.10 bits per heavy atom. The smallest absolute Gasteiger partial charge is 0.196 e. The summed E-state index contributed by atoms with van der Waals surface area (Å²) in [6.45, 7) is 1.73. The molecule has 0 fully saturated rings. The number of benzene rings is 2. The van der Waals surface area contributed by atoms with Gasteiger partial charge in [0.25, 0.3) is 0 Å². The van der Waals surface area contributed by atoms with Gasteiger partial charge >= 0.3 is 0 Å². The van der Waals surface area contributed by atoms with Gasteiger partial charge in [0.1, 0.15) is 22.8 Å². The monoisotopic (exact) mass is 282 g/mol. The van der Waals surface area contributed by atoms with Crippen LogP contribution in [0.5, 0.6) is 11.5 Å². The second-order valence-corrected chi connectivity index (χ2v) is 4.79. The van der Waals surface area contributed by atoms with Crippen molar-refractivity contribution in [3.63, 3.8) is 0 Å². The lowest BCUT2D eigenvalue weighted by molar-refractivity contribution is 0.415. The van der Waals surface area contributed by atoms with Gasteiger partial charge in [-0.25, -0.2) is 0 Å². The number of methoxy groups -OCH3 is 1. The molecule has 106 valence electrons. The Kier molecular flexibility index (Phi) is 3.14. The van der Waals surface area contributed by atoms with Gasteiger partial charge in [-0.1, -0.05) is 0 Å². The van der Waals surface area contributed by atoms with Crippen LogP contribution in [-0.2, 0) is 0 Å². The van der Waals surface area contributed by atoms with E-state index in [1.54, 1.807) is 56.5 Å². The molecule has 21 heavy (non-hydrogen) atoms. The maximum Gasteiger partial charge on any atom is 0.196 e. The third-order valence-electron chi connectivity index (χ3n) is 3.45. The van der Waals surface area contributed by atoms with Crippen molar-refractivity contribution in [1.82, 2.24) is 0 Å². The number of rotatable bonds is 2. The number of phenolic OH excluding ortho intramolecular Hbond substituents is 1. The predicted octanol–water partition coefficient (Wildman–Crippen LogP) is 3.48.